The summed E-state index contributed by atoms with van der Waals surface area (Å²) in [6, 6.07) is 2.05. The maximum absolute atomic E-state index is 5.06. The minimum atomic E-state index is 0.734. The van der Waals surface area contributed by atoms with E-state index >= 15 is 0 Å². The van der Waals surface area contributed by atoms with Crippen LogP contribution in [0.5, 0.6) is 0 Å². The third kappa shape index (κ3) is 1.51. The molecule has 0 N–H and O–H groups in total. The molecule has 74 valence electrons. The number of aromatic nitrogens is 2. The maximum Gasteiger partial charge on any atom is 0.0670 e. The SMILES string of the molecule is COCCn1cc(C)c2ccncc21. The first-order valence-corrected chi connectivity index (χ1v) is 4.71. The van der Waals surface area contributed by atoms with Crippen LogP contribution >= 0.6 is 0 Å². The highest BCUT2D eigenvalue weighted by Crippen LogP contribution is 2.18. The van der Waals surface area contributed by atoms with Gasteiger partial charge in [0.15, 0.2) is 0 Å². The molecular weight excluding hydrogens is 176 g/mol. The van der Waals surface area contributed by atoms with E-state index in [0.717, 1.165) is 13.2 Å². The first kappa shape index (κ1) is 9.21. The van der Waals surface area contributed by atoms with Crippen LogP contribution in [0.4, 0.5) is 0 Å². The largest absolute Gasteiger partial charge is 0.383 e. The molecule has 3 heteroatoms. The number of hydrogen-bond acceptors (Lipinski definition) is 2. The van der Waals surface area contributed by atoms with Crippen molar-refractivity contribution >= 4 is 10.9 Å². The molecule has 0 atom stereocenters. The number of rotatable bonds is 3. The molecule has 0 aliphatic rings. The Bertz CT molecular complexity index is 434. The Balaban J connectivity index is 2.44. The second kappa shape index (κ2) is 3.80. The molecular formula is C11H14N2O. The van der Waals surface area contributed by atoms with E-state index in [0.29, 0.717) is 0 Å². The third-order valence-corrected chi connectivity index (χ3v) is 2.42. The Morgan fingerprint density at radius 1 is 1.50 bits per heavy atom. The lowest BCUT2D eigenvalue weighted by Gasteiger charge is -2.02. The van der Waals surface area contributed by atoms with Crippen LogP contribution in [-0.4, -0.2) is 23.3 Å². The summed E-state index contributed by atoms with van der Waals surface area (Å²) in [6.45, 7) is 3.73. The molecule has 0 bridgehead atoms. The van der Waals surface area contributed by atoms with E-state index in [1.165, 1.54) is 16.5 Å². The van der Waals surface area contributed by atoms with E-state index in [1.54, 1.807) is 7.11 Å². The summed E-state index contributed by atoms with van der Waals surface area (Å²) >= 11 is 0. The van der Waals surface area contributed by atoms with Gasteiger partial charge in [0.25, 0.3) is 0 Å². The topological polar surface area (TPSA) is 27.1 Å². The van der Waals surface area contributed by atoms with Gasteiger partial charge >= 0.3 is 0 Å². The standard InChI is InChI=1S/C11H14N2O/c1-9-8-13(5-6-14-2)11-7-12-4-3-10(9)11/h3-4,7-8H,5-6H2,1-2H3. The summed E-state index contributed by atoms with van der Waals surface area (Å²) in [4.78, 5) is 4.13. The monoisotopic (exact) mass is 190 g/mol. The molecule has 0 aliphatic carbocycles. The average Bonchev–Trinajstić information content (AvgIpc) is 2.54. The fraction of sp³-hybridized carbons (Fsp3) is 0.364. The zero-order valence-electron chi connectivity index (χ0n) is 8.53. The molecule has 0 aliphatic heterocycles. The number of ether oxygens (including phenoxy) is 1. The molecule has 3 nitrogen and oxygen atoms in total. The molecule has 0 unspecified atom stereocenters. The van der Waals surface area contributed by atoms with E-state index < -0.39 is 0 Å². The lowest BCUT2D eigenvalue weighted by Crippen LogP contribution is -2.02. The minimum absolute atomic E-state index is 0.734. The van der Waals surface area contributed by atoms with Gasteiger partial charge in [0.05, 0.1) is 18.3 Å². The number of hydrogen-bond donors (Lipinski definition) is 0. The van der Waals surface area contributed by atoms with Crippen molar-refractivity contribution in [3.8, 4) is 0 Å². The molecule has 2 aromatic rings. The number of aryl methyl sites for hydroxylation is 1. The zero-order chi connectivity index (χ0) is 9.97. The van der Waals surface area contributed by atoms with Crippen molar-refractivity contribution in [3.05, 3.63) is 30.2 Å². The molecule has 0 amide bonds. The van der Waals surface area contributed by atoms with Crippen molar-refractivity contribution in [1.82, 2.24) is 9.55 Å². The molecule has 0 fully saturated rings. The molecule has 0 saturated heterocycles. The van der Waals surface area contributed by atoms with Crippen LogP contribution in [0.15, 0.2) is 24.7 Å². The lowest BCUT2D eigenvalue weighted by atomic mass is 10.2. The molecule has 14 heavy (non-hydrogen) atoms. The van der Waals surface area contributed by atoms with Gasteiger partial charge in [-0.3, -0.25) is 4.98 Å². The molecule has 2 heterocycles. The van der Waals surface area contributed by atoms with E-state index in [2.05, 4.69) is 22.7 Å². The Labute approximate surface area is 83.3 Å². The van der Waals surface area contributed by atoms with Gasteiger partial charge in [-0.25, -0.2) is 0 Å². The highest BCUT2D eigenvalue weighted by molar-refractivity contribution is 5.82. The van der Waals surface area contributed by atoms with E-state index in [4.69, 9.17) is 4.74 Å². The number of pyridine rings is 1. The highest BCUT2D eigenvalue weighted by atomic mass is 16.5. The van der Waals surface area contributed by atoms with Crippen LogP contribution in [0.1, 0.15) is 5.56 Å². The molecule has 0 spiro atoms. The molecule has 0 radical (unpaired) electrons. The van der Waals surface area contributed by atoms with Crippen LogP contribution in [0.3, 0.4) is 0 Å². The Morgan fingerprint density at radius 3 is 3.14 bits per heavy atom. The molecule has 0 aromatic carbocycles. The van der Waals surface area contributed by atoms with Gasteiger partial charge in [-0.15, -0.1) is 0 Å². The first-order chi connectivity index (χ1) is 6.83. The Morgan fingerprint density at radius 2 is 2.36 bits per heavy atom. The molecule has 0 saturated carbocycles. The van der Waals surface area contributed by atoms with Gasteiger partial charge in [0.1, 0.15) is 0 Å². The van der Waals surface area contributed by atoms with Crippen molar-refractivity contribution in [2.24, 2.45) is 0 Å². The summed E-state index contributed by atoms with van der Waals surface area (Å²) < 4.78 is 7.24. The van der Waals surface area contributed by atoms with Crippen molar-refractivity contribution in [2.45, 2.75) is 13.5 Å². The van der Waals surface area contributed by atoms with Crippen LogP contribution in [0, 0.1) is 6.92 Å². The number of methoxy groups -OCH3 is 1. The average molecular weight is 190 g/mol. The van der Waals surface area contributed by atoms with Crippen molar-refractivity contribution < 1.29 is 4.74 Å². The third-order valence-electron chi connectivity index (χ3n) is 2.42. The second-order valence-corrected chi connectivity index (χ2v) is 3.39. The normalized spacial score (nSPS) is 11.0. The highest BCUT2D eigenvalue weighted by Gasteiger charge is 2.03. The Kier molecular flexibility index (Phi) is 2.50. The first-order valence-electron chi connectivity index (χ1n) is 4.71. The van der Waals surface area contributed by atoms with Gasteiger partial charge in [0, 0.05) is 31.4 Å². The van der Waals surface area contributed by atoms with E-state index in [-0.39, 0.29) is 0 Å². The quantitative estimate of drug-likeness (QED) is 0.740. The summed E-state index contributed by atoms with van der Waals surface area (Å²) in [5, 5.41) is 1.27. The van der Waals surface area contributed by atoms with E-state index in [9.17, 15) is 0 Å². The fourth-order valence-corrected chi connectivity index (χ4v) is 1.70. The van der Waals surface area contributed by atoms with Crippen LogP contribution in [-0.2, 0) is 11.3 Å². The van der Waals surface area contributed by atoms with Gasteiger partial charge < -0.3 is 9.30 Å². The van der Waals surface area contributed by atoms with Crippen LogP contribution in [0.2, 0.25) is 0 Å². The van der Waals surface area contributed by atoms with Gasteiger partial charge in [0.2, 0.25) is 0 Å². The number of nitrogens with zero attached hydrogens (tertiary/aromatic N) is 2. The smallest absolute Gasteiger partial charge is 0.0670 e. The fourth-order valence-electron chi connectivity index (χ4n) is 1.70. The predicted octanol–water partition coefficient (Wildman–Crippen LogP) is 1.99. The maximum atomic E-state index is 5.06. The number of fused-ring (bicyclic) bond motifs is 1. The van der Waals surface area contributed by atoms with Gasteiger partial charge in [-0.05, 0) is 18.6 Å². The second-order valence-electron chi connectivity index (χ2n) is 3.39. The van der Waals surface area contributed by atoms with Crippen molar-refractivity contribution in [1.29, 1.82) is 0 Å². The predicted molar refractivity (Wildman–Crippen MR) is 56.3 cm³/mol. The van der Waals surface area contributed by atoms with Crippen LogP contribution in [0.25, 0.3) is 10.9 Å². The van der Waals surface area contributed by atoms with Crippen LogP contribution < -0.4 is 0 Å². The zero-order valence-corrected chi connectivity index (χ0v) is 8.53. The summed E-state index contributed by atoms with van der Waals surface area (Å²) in [5.74, 6) is 0. The summed E-state index contributed by atoms with van der Waals surface area (Å²) in [6.07, 6.45) is 5.87. The van der Waals surface area contributed by atoms with Crippen molar-refractivity contribution in [3.63, 3.8) is 0 Å². The molecule has 2 rings (SSSR count). The molecule has 2 aromatic heterocycles. The lowest BCUT2D eigenvalue weighted by molar-refractivity contribution is 0.188. The Hall–Kier alpha value is -1.35. The van der Waals surface area contributed by atoms with Gasteiger partial charge in [-0.2, -0.15) is 0 Å². The van der Waals surface area contributed by atoms with Gasteiger partial charge in [-0.1, -0.05) is 0 Å². The summed E-state index contributed by atoms with van der Waals surface area (Å²) in [5.41, 5.74) is 2.47. The van der Waals surface area contributed by atoms with E-state index in [1.807, 2.05) is 18.5 Å². The van der Waals surface area contributed by atoms with Crippen molar-refractivity contribution in [2.75, 3.05) is 13.7 Å². The summed E-state index contributed by atoms with van der Waals surface area (Å²) in [7, 11) is 1.72. The minimum Gasteiger partial charge on any atom is -0.383 e.